The van der Waals surface area contributed by atoms with Crippen molar-refractivity contribution >= 4 is 34.7 Å². The number of benzene rings is 1. The molecule has 5 nitrogen and oxygen atoms in total. The molecule has 1 aromatic rings. The molecule has 0 saturated carbocycles. The fourth-order valence-electron chi connectivity index (χ4n) is 3.06. The summed E-state index contributed by atoms with van der Waals surface area (Å²) in [5.74, 6) is -0.710. The molecule has 1 fully saturated rings. The first-order valence-electron chi connectivity index (χ1n) is 8.70. The molecule has 0 radical (unpaired) electrons. The third-order valence-electron chi connectivity index (χ3n) is 4.37. The molecule has 0 atom stereocenters. The number of nitrogens with zero attached hydrogens (tertiary/aromatic N) is 1. The van der Waals surface area contributed by atoms with Gasteiger partial charge in [-0.2, -0.15) is 8.78 Å². The first kappa shape index (κ1) is 21.8. The van der Waals surface area contributed by atoms with Gasteiger partial charge in [0.1, 0.15) is 5.60 Å². The molecule has 0 bridgehead atoms. The van der Waals surface area contributed by atoms with Crippen LogP contribution in [0.1, 0.15) is 61.0 Å². The molecule has 1 heterocycles. The zero-order valence-electron chi connectivity index (χ0n) is 15.9. The zero-order chi connectivity index (χ0) is 20.4. The molecule has 1 amide bonds. The second-order valence-corrected chi connectivity index (χ2v) is 8.89. The number of likely N-dealkylation sites (tertiary alicyclic amines) is 1. The number of carbonyl (C=O) groups is 2. The van der Waals surface area contributed by atoms with Crippen molar-refractivity contribution in [2.24, 2.45) is 0 Å². The lowest BCUT2D eigenvalue weighted by atomic mass is 9.87. The molecule has 150 valence electrons. The van der Waals surface area contributed by atoms with E-state index in [1.54, 1.807) is 11.0 Å². The van der Waals surface area contributed by atoms with Gasteiger partial charge in [0.25, 0.3) is 0 Å². The number of amides is 1. The highest BCUT2D eigenvalue weighted by atomic mass is 127. The predicted molar refractivity (Wildman–Crippen MR) is 105 cm³/mol. The number of piperidine rings is 1. The Balaban J connectivity index is 2.14. The summed E-state index contributed by atoms with van der Waals surface area (Å²) in [6.45, 7) is 6.47. The number of carbonyl (C=O) groups excluding carboxylic acids is 2. The van der Waals surface area contributed by atoms with Crippen molar-refractivity contribution in [2.75, 3.05) is 20.2 Å². The van der Waals surface area contributed by atoms with Crippen LogP contribution in [-0.4, -0.2) is 42.8 Å². The number of methoxy groups -OCH3 is 1. The van der Waals surface area contributed by atoms with Crippen molar-refractivity contribution < 1.29 is 27.8 Å². The van der Waals surface area contributed by atoms with E-state index in [0.717, 1.165) is 28.2 Å². The smallest absolute Gasteiger partial charge is 0.410 e. The molecular weight excluding hydrogens is 471 g/mol. The van der Waals surface area contributed by atoms with Crippen molar-refractivity contribution in [1.82, 2.24) is 4.90 Å². The van der Waals surface area contributed by atoms with Crippen LogP contribution in [0.2, 0.25) is 0 Å². The Labute approximate surface area is 171 Å². The van der Waals surface area contributed by atoms with Crippen LogP contribution in [0.5, 0.6) is 0 Å². The number of halogens is 3. The normalized spacial score (nSPS) is 16.2. The summed E-state index contributed by atoms with van der Waals surface area (Å²) in [4.78, 5) is 25.8. The second kappa shape index (κ2) is 8.28. The minimum atomic E-state index is -3.17. The highest BCUT2D eigenvalue weighted by molar-refractivity contribution is 14.1. The molecular formula is C19H24F2INO4. The average Bonchev–Trinajstić information content (AvgIpc) is 2.58. The van der Waals surface area contributed by atoms with E-state index in [2.05, 4.69) is 4.74 Å². The van der Waals surface area contributed by atoms with Gasteiger partial charge in [0.15, 0.2) is 0 Å². The molecule has 27 heavy (non-hydrogen) atoms. The van der Waals surface area contributed by atoms with E-state index in [9.17, 15) is 18.4 Å². The van der Waals surface area contributed by atoms with Crippen molar-refractivity contribution in [3.63, 3.8) is 0 Å². The summed E-state index contributed by atoms with van der Waals surface area (Å²) in [6.07, 6.45) is 0.982. The van der Waals surface area contributed by atoms with Gasteiger partial charge in [-0.05, 0) is 51.2 Å². The lowest BCUT2D eigenvalue weighted by Gasteiger charge is -2.33. The second-order valence-electron chi connectivity index (χ2n) is 7.54. The first-order valence-corrected chi connectivity index (χ1v) is 9.77. The van der Waals surface area contributed by atoms with Crippen LogP contribution in [-0.2, 0) is 13.4 Å². The van der Waals surface area contributed by atoms with Gasteiger partial charge in [0.05, 0.1) is 12.7 Å². The van der Waals surface area contributed by atoms with Crippen LogP contribution in [0.4, 0.5) is 13.6 Å². The highest BCUT2D eigenvalue weighted by Crippen LogP contribution is 2.39. The van der Waals surface area contributed by atoms with Crippen LogP contribution in [0.15, 0.2) is 18.2 Å². The molecule has 2 rings (SSSR count). The number of esters is 1. The molecule has 8 heteroatoms. The van der Waals surface area contributed by atoms with Crippen molar-refractivity contribution in [3.8, 4) is 0 Å². The van der Waals surface area contributed by atoms with Crippen molar-refractivity contribution in [1.29, 1.82) is 0 Å². The van der Waals surface area contributed by atoms with Crippen LogP contribution < -0.4 is 0 Å². The zero-order valence-corrected chi connectivity index (χ0v) is 18.0. The van der Waals surface area contributed by atoms with Crippen LogP contribution in [0, 0.1) is 0 Å². The van der Waals surface area contributed by atoms with Gasteiger partial charge in [0.2, 0.25) is 0 Å². The standard InChI is InChI=1S/C19H24F2INO4/c1-18(2,3)27-17(25)23-9-7-12(8-10-23)13-5-6-15(19(20,21)22)14(11-13)16(24)26-4/h5-6,11-12H,7-10H2,1-4H3. The number of ether oxygens (including phenoxy) is 2. The molecule has 0 unspecified atom stereocenters. The fourth-order valence-corrected chi connectivity index (χ4v) is 3.53. The summed E-state index contributed by atoms with van der Waals surface area (Å²) in [7, 11) is 1.17. The molecule has 1 aliphatic heterocycles. The van der Waals surface area contributed by atoms with Gasteiger partial charge >= 0.3 is 16.0 Å². The predicted octanol–water partition coefficient (Wildman–Crippen LogP) is 5.07. The van der Waals surface area contributed by atoms with E-state index in [0.29, 0.717) is 25.9 Å². The average molecular weight is 495 g/mol. The monoisotopic (exact) mass is 495 g/mol. The Morgan fingerprint density at radius 1 is 1.19 bits per heavy atom. The Morgan fingerprint density at radius 2 is 1.78 bits per heavy atom. The maximum atomic E-state index is 13.8. The molecule has 1 saturated heterocycles. The third-order valence-corrected chi connectivity index (χ3v) is 4.95. The summed E-state index contributed by atoms with van der Waals surface area (Å²) in [6, 6.07) is 4.40. The van der Waals surface area contributed by atoms with Crippen molar-refractivity contribution in [3.05, 3.63) is 34.9 Å². The minimum absolute atomic E-state index is 0.0731. The maximum absolute atomic E-state index is 13.8. The van der Waals surface area contributed by atoms with Gasteiger partial charge < -0.3 is 14.4 Å². The van der Waals surface area contributed by atoms with E-state index in [4.69, 9.17) is 4.74 Å². The highest BCUT2D eigenvalue weighted by Gasteiger charge is 2.34. The topological polar surface area (TPSA) is 55.8 Å². The van der Waals surface area contributed by atoms with E-state index in [1.807, 2.05) is 20.8 Å². The Morgan fingerprint density at radius 3 is 2.26 bits per heavy atom. The maximum Gasteiger partial charge on any atom is 0.410 e. The quantitative estimate of drug-likeness (QED) is 0.334. The summed E-state index contributed by atoms with van der Waals surface area (Å²) < 4.78 is 34.4. The van der Waals surface area contributed by atoms with E-state index >= 15 is 0 Å². The van der Waals surface area contributed by atoms with Crippen LogP contribution in [0.3, 0.4) is 0 Å². The van der Waals surface area contributed by atoms with E-state index in [-0.39, 0.29) is 23.1 Å². The number of alkyl halides is 3. The Bertz CT molecular complexity index is 705. The lowest BCUT2D eigenvalue weighted by Crippen LogP contribution is -2.41. The summed E-state index contributed by atoms with van der Waals surface area (Å²) in [5, 5.41) is 0. The Kier molecular flexibility index (Phi) is 6.70. The first-order chi connectivity index (χ1) is 12.4. The van der Waals surface area contributed by atoms with E-state index < -0.39 is 15.5 Å². The number of hydrogen-bond acceptors (Lipinski definition) is 4. The fraction of sp³-hybridized carbons (Fsp3) is 0.579. The molecule has 1 aromatic carbocycles. The largest absolute Gasteiger partial charge is 0.465 e. The van der Waals surface area contributed by atoms with Gasteiger partial charge in [-0.3, -0.25) is 0 Å². The molecule has 0 N–H and O–H groups in total. The third kappa shape index (κ3) is 5.76. The Hall–Kier alpha value is -1.45. The molecule has 1 aliphatic rings. The van der Waals surface area contributed by atoms with Crippen LogP contribution >= 0.6 is 22.6 Å². The van der Waals surface area contributed by atoms with E-state index in [1.165, 1.54) is 19.2 Å². The minimum Gasteiger partial charge on any atom is -0.465 e. The van der Waals surface area contributed by atoms with Gasteiger partial charge in [-0.25, -0.2) is 9.59 Å². The number of rotatable bonds is 3. The molecule has 0 aliphatic carbocycles. The number of hydrogen-bond donors (Lipinski definition) is 0. The van der Waals surface area contributed by atoms with Gasteiger partial charge in [0, 0.05) is 41.2 Å². The summed E-state index contributed by atoms with van der Waals surface area (Å²) in [5.41, 5.74) is -0.235. The summed E-state index contributed by atoms with van der Waals surface area (Å²) >= 11 is 1.01. The lowest BCUT2D eigenvalue weighted by molar-refractivity contribution is 0.0204. The van der Waals surface area contributed by atoms with Gasteiger partial charge in [-0.1, -0.05) is 12.1 Å². The molecule has 0 spiro atoms. The molecule has 0 aromatic heterocycles. The SMILES string of the molecule is COC(=O)c1cc(C2CCN(C(=O)OC(C)(C)C)CC2)ccc1C(F)(F)I. The van der Waals surface area contributed by atoms with Gasteiger partial charge in [-0.15, -0.1) is 0 Å². The van der Waals surface area contributed by atoms with Crippen molar-refractivity contribution in [2.45, 2.75) is 49.1 Å². The van der Waals surface area contributed by atoms with Crippen LogP contribution in [0.25, 0.3) is 0 Å².